The number of aryl methyl sites for hydroxylation is 1. The molecule has 8 nitrogen and oxygen atoms in total. The number of para-hydroxylation sites is 1. The standard InChI is InChI=1S/C20H21F3N4O4/c1-3-30-17(28)19(20(21,22)23)15-13(2)25-27(14-7-5-4-6-8-14)16(15)31-18(24-19)26-9-11-29-12-10-26/h4-8H,3,9-12H2,1-2H3/t19-/m1/s1. The SMILES string of the molecule is CCOC(=O)[C@]1(C(F)(F)F)N=C(N2CCOCC2)Oc2c1c(C)nn2-c1ccccc1. The van der Waals surface area contributed by atoms with Gasteiger partial charge in [0.25, 0.3) is 11.6 Å². The summed E-state index contributed by atoms with van der Waals surface area (Å²) in [6.07, 6.45) is -5.09. The molecule has 1 aromatic carbocycles. The van der Waals surface area contributed by atoms with Crippen LogP contribution < -0.4 is 4.74 Å². The summed E-state index contributed by atoms with van der Waals surface area (Å²) in [5.41, 5.74) is -3.32. The van der Waals surface area contributed by atoms with E-state index in [0.29, 0.717) is 18.9 Å². The van der Waals surface area contributed by atoms with Gasteiger partial charge in [0.2, 0.25) is 5.88 Å². The number of nitrogens with zero attached hydrogens (tertiary/aromatic N) is 4. The van der Waals surface area contributed by atoms with Crippen molar-refractivity contribution in [1.29, 1.82) is 0 Å². The highest BCUT2D eigenvalue weighted by molar-refractivity contribution is 5.92. The van der Waals surface area contributed by atoms with Crippen molar-refractivity contribution in [3.63, 3.8) is 0 Å². The molecule has 1 aromatic heterocycles. The van der Waals surface area contributed by atoms with E-state index in [1.165, 1.54) is 23.4 Å². The molecule has 0 saturated carbocycles. The number of fused-ring (bicyclic) bond motifs is 1. The molecule has 0 amide bonds. The van der Waals surface area contributed by atoms with Crippen molar-refractivity contribution in [2.45, 2.75) is 25.6 Å². The Morgan fingerprint density at radius 2 is 1.90 bits per heavy atom. The van der Waals surface area contributed by atoms with Crippen molar-refractivity contribution in [1.82, 2.24) is 14.7 Å². The molecular weight excluding hydrogens is 417 g/mol. The number of aromatic nitrogens is 2. The first-order chi connectivity index (χ1) is 14.8. The number of halogens is 3. The van der Waals surface area contributed by atoms with Crippen LogP contribution in [-0.2, 0) is 19.8 Å². The molecule has 11 heteroatoms. The van der Waals surface area contributed by atoms with Crippen LogP contribution in [0.25, 0.3) is 5.69 Å². The summed E-state index contributed by atoms with van der Waals surface area (Å²) < 4.78 is 61.2. The third-order valence-corrected chi connectivity index (χ3v) is 5.09. The monoisotopic (exact) mass is 438 g/mol. The Morgan fingerprint density at radius 3 is 2.52 bits per heavy atom. The smallest absolute Gasteiger partial charge is 0.429 e. The molecule has 0 aliphatic carbocycles. The zero-order valence-electron chi connectivity index (χ0n) is 17.0. The fraction of sp³-hybridized carbons (Fsp3) is 0.450. The summed E-state index contributed by atoms with van der Waals surface area (Å²) in [4.78, 5) is 18.2. The lowest BCUT2D eigenvalue weighted by Gasteiger charge is -2.37. The predicted octanol–water partition coefficient (Wildman–Crippen LogP) is 2.58. The number of aliphatic imine (C=N–C) groups is 1. The van der Waals surface area contributed by atoms with Crippen molar-refractivity contribution in [3.8, 4) is 11.6 Å². The van der Waals surface area contributed by atoms with Gasteiger partial charge in [0.15, 0.2) is 0 Å². The number of esters is 1. The van der Waals surface area contributed by atoms with E-state index in [2.05, 4.69) is 10.1 Å². The van der Waals surface area contributed by atoms with Crippen LogP contribution in [0.4, 0.5) is 13.2 Å². The van der Waals surface area contributed by atoms with Crippen LogP contribution in [0.3, 0.4) is 0 Å². The van der Waals surface area contributed by atoms with Crippen LogP contribution in [0.5, 0.6) is 5.88 Å². The molecule has 2 aliphatic rings. The molecule has 166 valence electrons. The van der Waals surface area contributed by atoms with E-state index in [9.17, 15) is 18.0 Å². The van der Waals surface area contributed by atoms with Crippen molar-refractivity contribution in [2.24, 2.45) is 4.99 Å². The molecule has 1 atom stereocenters. The van der Waals surface area contributed by atoms with Gasteiger partial charge < -0.3 is 19.1 Å². The molecule has 2 aromatic rings. The number of hydrogen-bond acceptors (Lipinski definition) is 7. The molecule has 0 bridgehead atoms. The quantitative estimate of drug-likeness (QED) is 0.686. The lowest BCUT2D eigenvalue weighted by atomic mass is 9.88. The van der Waals surface area contributed by atoms with E-state index in [0.717, 1.165) is 0 Å². The molecule has 0 unspecified atom stereocenters. The van der Waals surface area contributed by atoms with Gasteiger partial charge in [-0.15, -0.1) is 0 Å². The van der Waals surface area contributed by atoms with Gasteiger partial charge in [0.1, 0.15) is 0 Å². The third-order valence-electron chi connectivity index (χ3n) is 5.09. The molecule has 4 rings (SSSR count). The Morgan fingerprint density at radius 1 is 1.23 bits per heavy atom. The number of ether oxygens (including phenoxy) is 3. The van der Waals surface area contributed by atoms with E-state index in [1.807, 2.05) is 0 Å². The Bertz CT molecular complexity index is 1000. The van der Waals surface area contributed by atoms with E-state index >= 15 is 0 Å². The third kappa shape index (κ3) is 3.42. The van der Waals surface area contributed by atoms with Gasteiger partial charge in [0.05, 0.1) is 36.8 Å². The highest BCUT2D eigenvalue weighted by Crippen LogP contribution is 2.51. The number of carbonyl (C=O) groups is 1. The van der Waals surface area contributed by atoms with Crippen LogP contribution in [0, 0.1) is 6.92 Å². The van der Waals surface area contributed by atoms with E-state index < -0.39 is 23.2 Å². The second-order valence-corrected chi connectivity index (χ2v) is 7.04. The van der Waals surface area contributed by atoms with Gasteiger partial charge in [-0.25, -0.2) is 14.5 Å². The summed E-state index contributed by atoms with van der Waals surface area (Å²) in [5, 5.41) is 4.26. The number of amidine groups is 1. The predicted molar refractivity (Wildman–Crippen MR) is 103 cm³/mol. The molecule has 0 radical (unpaired) electrons. The maximum atomic E-state index is 14.6. The van der Waals surface area contributed by atoms with Crippen molar-refractivity contribution in [2.75, 3.05) is 32.9 Å². The number of benzene rings is 1. The molecule has 3 heterocycles. The molecule has 31 heavy (non-hydrogen) atoms. The van der Waals surface area contributed by atoms with Crippen LogP contribution in [0.15, 0.2) is 35.3 Å². The molecule has 0 spiro atoms. The zero-order valence-corrected chi connectivity index (χ0v) is 17.0. The van der Waals surface area contributed by atoms with Gasteiger partial charge in [-0.05, 0) is 26.0 Å². The Balaban J connectivity index is 1.98. The number of carbonyl (C=O) groups excluding carboxylic acids is 1. The minimum Gasteiger partial charge on any atom is -0.464 e. The summed E-state index contributed by atoms with van der Waals surface area (Å²) in [6.45, 7) is 3.72. The summed E-state index contributed by atoms with van der Waals surface area (Å²) >= 11 is 0. The van der Waals surface area contributed by atoms with Crippen LogP contribution in [0.2, 0.25) is 0 Å². The molecule has 1 fully saturated rings. The second-order valence-electron chi connectivity index (χ2n) is 7.04. The first-order valence-corrected chi connectivity index (χ1v) is 9.79. The molecule has 0 N–H and O–H groups in total. The molecule has 2 aliphatic heterocycles. The van der Waals surface area contributed by atoms with Crippen LogP contribution in [0.1, 0.15) is 18.2 Å². The minimum absolute atomic E-state index is 0.0333. The second kappa shape index (κ2) is 7.88. The van der Waals surface area contributed by atoms with E-state index in [-0.39, 0.29) is 37.3 Å². The van der Waals surface area contributed by atoms with Gasteiger partial charge in [-0.3, -0.25) is 0 Å². The van der Waals surface area contributed by atoms with Crippen LogP contribution in [-0.4, -0.2) is 65.8 Å². The summed E-state index contributed by atoms with van der Waals surface area (Å²) in [5.74, 6) is -1.74. The summed E-state index contributed by atoms with van der Waals surface area (Å²) in [6, 6.07) is 8.25. The van der Waals surface area contributed by atoms with Crippen molar-refractivity contribution < 1.29 is 32.2 Å². The van der Waals surface area contributed by atoms with Crippen molar-refractivity contribution in [3.05, 3.63) is 41.6 Å². The van der Waals surface area contributed by atoms with Gasteiger partial charge in [0, 0.05) is 13.1 Å². The largest absolute Gasteiger partial charge is 0.464 e. The highest BCUT2D eigenvalue weighted by Gasteiger charge is 2.68. The topological polar surface area (TPSA) is 78.2 Å². The number of rotatable bonds is 3. The average molecular weight is 438 g/mol. The fourth-order valence-corrected chi connectivity index (χ4v) is 3.66. The van der Waals surface area contributed by atoms with Gasteiger partial charge >= 0.3 is 12.1 Å². The minimum atomic E-state index is -5.09. The maximum Gasteiger partial charge on any atom is 0.429 e. The molecular formula is C20H21F3N4O4. The maximum absolute atomic E-state index is 14.6. The first-order valence-electron chi connectivity index (χ1n) is 9.79. The lowest BCUT2D eigenvalue weighted by Crippen LogP contribution is -2.55. The Kier molecular flexibility index (Phi) is 5.38. The van der Waals surface area contributed by atoms with E-state index in [1.54, 1.807) is 30.3 Å². The Labute approximate surface area is 176 Å². The fourth-order valence-electron chi connectivity index (χ4n) is 3.66. The zero-order chi connectivity index (χ0) is 22.2. The number of morpholine rings is 1. The van der Waals surface area contributed by atoms with E-state index in [4.69, 9.17) is 14.2 Å². The van der Waals surface area contributed by atoms with Gasteiger partial charge in [-0.1, -0.05) is 18.2 Å². The lowest BCUT2D eigenvalue weighted by molar-refractivity contribution is -0.209. The number of hydrogen-bond donors (Lipinski definition) is 0. The van der Waals surface area contributed by atoms with Crippen molar-refractivity contribution >= 4 is 12.0 Å². The first kappa shape index (κ1) is 21.2. The summed E-state index contributed by atoms with van der Waals surface area (Å²) in [7, 11) is 0. The van der Waals surface area contributed by atoms with Crippen LogP contribution >= 0.6 is 0 Å². The Hall–Kier alpha value is -3.08. The normalized spacial score (nSPS) is 21.2. The van der Waals surface area contributed by atoms with Gasteiger partial charge in [-0.2, -0.15) is 18.3 Å². The highest BCUT2D eigenvalue weighted by atomic mass is 19.4. The molecule has 1 saturated heterocycles. The average Bonchev–Trinajstić information content (AvgIpc) is 3.10. The number of alkyl halides is 3.